The molecule has 0 unspecified atom stereocenters. The lowest BCUT2D eigenvalue weighted by molar-refractivity contribution is -0.119. The first-order valence-corrected chi connectivity index (χ1v) is 5.37. The summed E-state index contributed by atoms with van der Waals surface area (Å²) in [5, 5.41) is 4.87. The van der Waals surface area contributed by atoms with Gasteiger partial charge in [0.25, 0.3) is 5.91 Å². The first-order valence-electron chi connectivity index (χ1n) is 4.58. The summed E-state index contributed by atoms with van der Waals surface area (Å²) >= 11 is 3.24. The van der Waals surface area contributed by atoms with Crippen molar-refractivity contribution in [2.75, 3.05) is 19.3 Å². The fourth-order valence-corrected chi connectivity index (χ4v) is 1.46. The number of amides is 2. The number of nitrogens with two attached hydrogens (primary N) is 1. The van der Waals surface area contributed by atoms with Gasteiger partial charge in [-0.25, -0.2) is 0 Å². The van der Waals surface area contributed by atoms with Gasteiger partial charge in [0.05, 0.1) is 12.1 Å². The highest BCUT2D eigenvalue weighted by Crippen LogP contribution is 2.18. The topological polar surface area (TPSA) is 84.2 Å². The lowest BCUT2D eigenvalue weighted by Crippen LogP contribution is -2.35. The summed E-state index contributed by atoms with van der Waals surface area (Å²) in [5.41, 5.74) is 6.39. The maximum atomic E-state index is 11.6. The highest BCUT2D eigenvalue weighted by Gasteiger charge is 2.10. The average molecular weight is 286 g/mol. The second-order valence-corrected chi connectivity index (χ2v) is 4.00. The van der Waals surface area contributed by atoms with Crippen molar-refractivity contribution in [3.8, 4) is 0 Å². The lowest BCUT2D eigenvalue weighted by Gasteiger charge is -2.07. The Morgan fingerprint density at radius 2 is 2.12 bits per heavy atom. The Balaban J connectivity index is 2.70. The zero-order valence-corrected chi connectivity index (χ0v) is 10.3. The number of rotatable bonds is 3. The summed E-state index contributed by atoms with van der Waals surface area (Å²) in [5.74, 6) is -0.627. The molecule has 2 amide bonds. The average Bonchev–Trinajstić information content (AvgIpc) is 2.25. The Kier molecular flexibility index (Phi) is 4.30. The maximum absolute atomic E-state index is 11.6. The monoisotopic (exact) mass is 285 g/mol. The largest absolute Gasteiger partial charge is 0.398 e. The first kappa shape index (κ1) is 12.5. The molecule has 0 heterocycles. The predicted octanol–water partition coefficient (Wildman–Crippen LogP) is 0.507. The third-order valence-electron chi connectivity index (χ3n) is 1.95. The van der Waals surface area contributed by atoms with Gasteiger partial charge >= 0.3 is 0 Å². The summed E-state index contributed by atoms with van der Waals surface area (Å²) < 4.78 is 0.799. The SMILES string of the molecule is CNC(=O)CNC(=O)c1ccc(Br)cc1N. The van der Waals surface area contributed by atoms with Crippen LogP contribution >= 0.6 is 15.9 Å². The Bertz CT molecular complexity index is 421. The number of nitrogen functional groups attached to an aromatic ring is 1. The van der Waals surface area contributed by atoms with Crippen LogP contribution in [0.1, 0.15) is 10.4 Å². The first-order chi connectivity index (χ1) is 7.54. The Hall–Kier alpha value is -1.56. The molecule has 0 atom stereocenters. The lowest BCUT2D eigenvalue weighted by atomic mass is 10.1. The minimum Gasteiger partial charge on any atom is -0.398 e. The smallest absolute Gasteiger partial charge is 0.253 e. The Morgan fingerprint density at radius 1 is 1.44 bits per heavy atom. The molecule has 0 aromatic heterocycles. The number of likely N-dealkylation sites (N-methyl/N-ethyl adjacent to an activating group) is 1. The number of halogens is 1. The molecule has 0 fully saturated rings. The molecule has 0 saturated carbocycles. The van der Waals surface area contributed by atoms with E-state index in [4.69, 9.17) is 5.73 Å². The molecule has 0 bridgehead atoms. The molecule has 1 rings (SSSR count). The van der Waals surface area contributed by atoms with Crippen LogP contribution in [-0.2, 0) is 4.79 Å². The van der Waals surface area contributed by atoms with E-state index in [0.29, 0.717) is 11.3 Å². The number of hydrogen-bond acceptors (Lipinski definition) is 3. The van der Waals surface area contributed by atoms with Crippen molar-refractivity contribution in [1.29, 1.82) is 0 Å². The van der Waals surface area contributed by atoms with E-state index < -0.39 is 0 Å². The van der Waals surface area contributed by atoms with Gasteiger partial charge in [-0.1, -0.05) is 15.9 Å². The van der Waals surface area contributed by atoms with E-state index in [2.05, 4.69) is 26.6 Å². The van der Waals surface area contributed by atoms with Crippen molar-refractivity contribution in [1.82, 2.24) is 10.6 Å². The van der Waals surface area contributed by atoms with Crippen molar-refractivity contribution in [3.63, 3.8) is 0 Å². The third-order valence-corrected chi connectivity index (χ3v) is 2.44. The van der Waals surface area contributed by atoms with Crippen molar-refractivity contribution >= 4 is 33.4 Å². The van der Waals surface area contributed by atoms with Gasteiger partial charge in [-0.05, 0) is 18.2 Å². The molecule has 0 aliphatic heterocycles. The van der Waals surface area contributed by atoms with Crippen LogP contribution in [0.15, 0.2) is 22.7 Å². The van der Waals surface area contributed by atoms with Gasteiger partial charge in [-0.2, -0.15) is 0 Å². The zero-order valence-electron chi connectivity index (χ0n) is 8.71. The minimum absolute atomic E-state index is 0.0646. The van der Waals surface area contributed by atoms with Gasteiger partial charge in [-0.15, -0.1) is 0 Å². The number of nitrogens with one attached hydrogen (secondary N) is 2. The number of carbonyl (C=O) groups excluding carboxylic acids is 2. The Labute approximate surface area is 102 Å². The number of carbonyl (C=O) groups is 2. The van der Waals surface area contributed by atoms with Crippen LogP contribution in [0.5, 0.6) is 0 Å². The molecule has 4 N–H and O–H groups in total. The van der Waals surface area contributed by atoms with Gasteiger partial charge in [-0.3, -0.25) is 9.59 Å². The zero-order chi connectivity index (χ0) is 12.1. The van der Waals surface area contributed by atoms with Gasteiger partial charge < -0.3 is 16.4 Å². The molecule has 5 nitrogen and oxygen atoms in total. The number of benzene rings is 1. The third kappa shape index (κ3) is 3.23. The summed E-state index contributed by atoms with van der Waals surface area (Å²) in [6, 6.07) is 4.94. The molecule has 86 valence electrons. The molecule has 0 spiro atoms. The van der Waals surface area contributed by atoms with Crippen LogP contribution in [-0.4, -0.2) is 25.4 Å². The summed E-state index contributed by atoms with van der Waals surface area (Å²) in [6.07, 6.45) is 0. The van der Waals surface area contributed by atoms with Crippen molar-refractivity contribution in [2.45, 2.75) is 0 Å². The fourth-order valence-electron chi connectivity index (χ4n) is 1.08. The number of anilines is 1. The van der Waals surface area contributed by atoms with E-state index in [1.807, 2.05) is 0 Å². The molecule has 0 aliphatic carbocycles. The second kappa shape index (κ2) is 5.50. The van der Waals surface area contributed by atoms with Crippen molar-refractivity contribution < 1.29 is 9.59 Å². The molecular weight excluding hydrogens is 274 g/mol. The van der Waals surface area contributed by atoms with Crippen LogP contribution in [0, 0.1) is 0 Å². The second-order valence-electron chi connectivity index (χ2n) is 3.09. The van der Waals surface area contributed by atoms with E-state index in [9.17, 15) is 9.59 Å². The van der Waals surface area contributed by atoms with E-state index in [-0.39, 0.29) is 18.4 Å². The molecule has 1 aromatic carbocycles. The van der Waals surface area contributed by atoms with E-state index in [1.54, 1.807) is 18.2 Å². The molecule has 6 heteroatoms. The standard InChI is InChI=1S/C10H12BrN3O2/c1-13-9(15)5-14-10(16)7-3-2-6(11)4-8(7)12/h2-4H,5,12H2,1H3,(H,13,15)(H,14,16). The molecule has 16 heavy (non-hydrogen) atoms. The summed E-state index contributed by atoms with van der Waals surface area (Å²) in [7, 11) is 1.50. The van der Waals surface area contributed by atoms with E-state index >= 15 is 0 Å². The van der Waals surface area contributed by atoms with Gasteiger partial charge in [0.1, 0.15) is 0 Å². The summed E-state index contributed by atoms with van der Waals surface area (Å²) in [6.45, 7) is -0.0646. The highest BCUT2D eigenvalue weighted by atomic mass is 79.9. The maximum Gasteiger partial charge on any atom is 0.253 e. The molecule has 1 aromatic rings. The molecular formula is C10H12BrN3O2. The van der Waals surface area contributed by atoms with Crippen LogP contribution in [0.3, 0.4) is 0 Å². The number of hydrogen-bond donors (Lipinski definition) is 3. The molecule has 0 aliphatic rings. The Morgan fingerprint density at radius 3 is 2.69 bits per heavy atom. The van der Waals surface area contributed by atoms with Crippen LogP contribution in [0.25, 0.3) is 0 Å². The van der Waals surface area contributed by atoms with Gasteiger partial charge in [0.15, 0.2) is 0 Å². The highest BCUT2D eigenvalue weighted by molar-refractivity contribution is 9.10. The van der Waals surface area contributed by atoms with Crippen molar-refractivity contribution in [3.05, 3.63) is 28.2 Å². The molecule has 0 radical (unpaired) electrons. The van der Waals surface area contributed by atoms with Gasteiger partial charge in [0, 0.05) is 17.2 Å². The fraction of sp³-hybridized carbons (Fsp3) is 0.200. The van der Waals surface area contributed by atoms with Crippen molar-refractivity contribution in [2.24, 2.45) is 0 Å². The van der Waals surface area contributed by atoms with Crippen LogP contribution in [0.4, 0.5) is 5.69 Å². The van der Waals surface area contributed by atoms with Crippen LogP contribution < -0.4 is 16.4 Å². The van der Waals surface area contributed by atoms with E-state index in [1.165, 1.54) is 7.05 Å². The quantitative estimate of drug-likeness (QED) is 0.708. The van der Waals surface area contributed by atoms with Crippen LogP contribution in [0.2, 0.25) is 0 Å². The van der Waals surface area contributed by atoms with E-state index in [0.717, 1.165) is 4.47 Å². The predicted molar refractivity (Wildman–Crippen MR) is 65.0 cm³/mol. The normalized spacial score (nSPS) is 9.62. The van der Waals surface area contributed by atoms with Gasteiger partial charge in [0.2, 0.25) is 5.91 Å². The molecule has 0 saturated heterocycles. The minimum atomic E-state index is -0.367. The summed E-state index contributed by atoms with van der Waals surface area (Å²) in [4.78, 5) is 22.5.